The normalized spacial score (nSPS) is 12.5. The summed E-state index contributed by atoms with van der Waals surface area (Å²) in [5.74, 6) is -0.426. The van der Waals surface area contributed by atoms with E-state index in [9.17, 15) is 14.9 Å². The molecule has 2 rings (SSSR count). The molecule has 0 unspecified atom stereocenters. The minimum atomic E-state index is -1.66. The first kappa shape index (κ1) is 17.2. The van der Waals surface area contributed by atoms with Crippen molar-refractivity contribution in [2.75, 3.05) is 14.1 Å². The van der Waals surface area contributed by atoms with Crippen LogP contribution in [0.3, 0.4) is 0 Å². The number of urea groups is 1. The smallest absolute Gasteiger partial charge is 0.318 e. The number of Topliss-reactive ketones (excluding diaryl/α,β-unsaturated/α-hetero) is 1. The molecule has 0 aliphatic carbocycles. The van der Waals surface area contributed by atoms with Gasteiger partial charge in [-0.2, -0.15) is 5.26 Å². The number of carbonyl (C=O) groups excluding carboxylic acids is 2. The van der Waals surface area contributed by atoms with E-state index in [2.05, 4.69) is 5.32 Å². The molecular weight excluding hydrogens is 302 g/mol. The van der Waals surface area contributed by atoms with Gasteiger partial charge in [-0.25, -0.2) is 4.79 Å². The Balaban J connectivity index is 2.44. The van der Waals surface area contributed by atoms with Crippen molar-refractivity contribution < 1.29 is 9.59 Å². The molecule has 0 saturated heterocycles. The highest BCUT2D eigenvalue weighted by Gasteiger charge is 2.41. The zero-order chi connectivity index (χ0) is 17.6. The van der Waals surface area contributed by atoms with Gasteiger partial charge >= 0.3 is 6.03 Å². The van der Waals surface area contributed by atoms with Crippen molar-refractivity contribution in [2.24, 2.45) is 0 Å². The van der Waals surface area contributed by atoms with Crippen LogP contribution in [0.2, 0.25) is 0 Å². The molecule has 5 heteroatoms. The van der Waals surface area contributed by atoms with E-state index in [0.29, 0.717) is 5.56 Å². The maximum atomic E-state index is 13.0. The third-order valence-corrected chi connectivity index (χ3v) is 3.65. The van der Waals surface area contributed by atoms with Crippen molar-refractivity contribution in [3.63, 3.8) is 0 Å². The molecule has 2 aromatic rings. The number of nitrogens with zero attached hydrogens (tertiary/aromatic N) is 2. The predicted molar refractivity (Wildman–Crippen MR) is 91.5 cm³/mol. The molecule has 122 valence electrons. The third-order valence-electron chi connectivity index (χ3n) is 3.65. The van der Waals surface area contributed by atoms with Crippen LogP contribution in [-0.4, -0.2) is 36.3 Å². The minimum Gasteiger partial charge on any atom is -0.331 e. The second kappa shape index (κ2) is 7.42. The van der Waals surface area contributed by atoms with Gasteiger partial charge in [0.2, 0.25) is 5.78 Å². The van der Waals surface area contributed by atoms with Gasteiger partial charge in [0.05, 0.1) is 6.07 Å². The van der Waals surface area contributed by atoms with Crippen LogP contribution in [0.25, 0.3) is 0 Å². The van der Waals surface area contributed by atoms with Crippen molar-refractivity contribution in [2.45, 2.75) is 12.0 Å². The van der Waals surface area contributed by atoms with Crippen molar-refractivity contribution >= 4 is 11.8 Å². The fourth-order valence-corrected chi connectivity index (χ4v) is 2.33. The Morgan fingerprint density at radius 2 is 1.58 bits per heavy atom. The molecule has 1 atom stereocenters. The quantitative estimate of drug-likeness (QED) is 0.860. The molecule has 0 radical (unpaired) electrons. The molecule has 0 spiro atoms. The molecule has 0 aliphatic rings. The highest BCUT2D eigenvalue weighted by Crippen LogP contribution is 2.20. The fraction of sp³-hybridized carbons (Fsp3) is 0.211. The Hall–Kier alpha value is -3.13. The van der Waals surface area contributed by atoms with Gasteiger partial charge in [-0.05, 0) is 5.56 Å². The molecule has 0 aromatic heterocycles. The van der Waals surface area contributed by atoms with Crippen molar-refractivity contribution in [1.82, 2.24) is 10.2 Å². The Labute approximate surface area is 141 Å². The van der Waals surface area contributed by atoms with E-state index in [4.69, 9.17) is 0 Å². The number of hydrogen-bond donors (Lipinski definition) is 1. The summed E-state index contributed by atoms with van der Waals surface area (Å²) in [4.78, 5) is 26.5. The third kappa shape index (κ3) is 3.79. The summed E-state index contributed by atoms with van der Waals surface area (Å²) >= 11 is 0. The lowest BCUT2D eigenvalue weighted by Gasteiger charge is -2.28. The molecule has 1 N–H and O–H groups in total. The Bertz CT molecular complexity index is 751. The number of benzene rings is 2. The van der Waals surface area contributed by atoms with E-state index >= 15 is 0 Å². The van der Waals surface area contributed by atoms with Crippen molar-refractivity contribution in [3.8, 4) is 6.07 Å². The minimum absolute atomic E-state index is 0.0949. The summed E-state index contributed by atoms with van der Waals surface area (Å²) in [6.07, 6.45) is 0.0949. The standard InChI is InChI=1S/C19H19N3O2/c1-22(2)18(24)21-19(14-20,13-15-9-5-3-6-10-15)17(23)16-11-7-4-8-12-16/h3-12H,13H2,1-2H3,(H,21,24)/t19-/m1/s1. The fourth-order valence-electron chi connectivity index (χ4n) is 2.33. The van der Waals surface area contributed by atoms with E-state index in [1.54, 1.807) is 44.4 Å². The molecule has 0 heterocycles. The van der Waals surface area contributed by atoms with Gasteiger partial charge in [-0.1, -0.05) is 60.7 Å². The van der Waals surface area contributed by atoms with Gasteiger partial charge in [-0.15, -0.1) is 0 Å². The van der Waals surface area contributed by atoms with Crippen LogP contribution >= 0.6 is 0 Å². The van der Waals surface area contributed by atoms with E-state index < -0.39 is 17.4 Å². The first-order valence-electron chi connectivity index (χ1n) is 7.53. The predicted octanol–water partition coefficient (Wildman–Crippen LogP) is 2.65. The molecule has 0 aliphatic heterocycles. The van der Waals surface area contributed by atoms with Crippen LogP contribution in [0.5, 0.6) is 0 Å². The van der Waals surface area contributed by atoms with E-state index in [0.717, 1.165) is 5.56 Å². The number of amides is 2. The summed E-state index contributed by atoms with van der Waals surface area (Å²) in [6, 6.07) is 19.2. The number of hydrogen-bond acceptors (Lipinski definition) is 3. The van der Waals surface area contributed by atoms with Gasteiger partial charge < -0.3 is 10.2 Å². The van der Waals surface area contributed by atoms with Gasteiger partial charge in [0.15, 0.2) is 5.54 Å². The van der Waals surface area contributed by atoms with Crippen LogP contribution < -0.4 is 5.32 Å². The summed E-state index contributed by atoms with van der Waals surface area (Å²) in [5.41, 5.74) is -0.485. The van der Waals surface area contributed by atoms with Crippen LogP contribution in [0.1, 0.15) is 15.9 Å². The molecule has 0 bridgehead atoms. The molecule has 24 heavy (non-hydrogen) atoms. The Kier molecular flexibility index (Phi) is 5.33. The van der Waals surface area contributed by atoms with Crippen LogP contribution in [0.4, 0.5) is 4.79 Å². The Morgan fingerprint density at radius 3 is 2.08 bits per heavy atom. The lowest BCUT2D eigenvalue weighted by Crippen LogP contribution is -2.57. The zero-order valence-corrected chi connectivity index (χ0v) is 13.7. The maximum absolute atomic E-state index is 13.0. The highest BCUT2D eigenvalue weighted by atomic mass is 16.2. The summed E-state index contributed by atoms with van der Waals surface area (Å²) < 4.78 is 0. The lowest BCUT2D eigenvalue weighted by atomic mass is 9.84. The number of nitriles is 1. The average Bonchev–Trinajstić information content (AvgIpc) is 2.62. The number of nitrogens with one attached hydrogen (secondary N) is 1. The number of carbonyl (C=O) groups is 2. The molecule has 2 aromatic carbocycles. The molecule has 0 fully saturated rings. The molecule has 5 nitrogen and oxygen atoms in total. The van der Waals surface area contributed by atoms with Crippen LogP contribution in [-0.2, 0) is 6.42 Å². The van der Waals surface area contributed by atoms with Crippen LogP contribution in [0, 0.1) is 11.3 Å². The number of ketones is 1. The average molecular weight is 321 g/mol. The summed E-state index contributed by atoms with van der Waals surface area (Å²) in [5, 5.41) is 12.4. The number of rotatable bonds is 5. The first-order chi connectivity index (χ1) is 11.5. The Morgan fingerprint density at radius 1 is 1.04 bits per heavy atom. The van der Waals surface area contributed by atoms with E-state index in [-0.39, 0.29) is 6.42 Å². The summed E-state index contributed by atoms with van der Waals surface area (Å²) in [6.45, 7) is 0. The second-order valence-corrected chi connectivity index (χ2v) is 5.70. The molecular formula is C19H19N3O2. The van der Waals surface area contributed by atoms with Gasteiger partial charge in [0, 0.05) is 26.1 Å². The van der Waals surface area contributed by atoms with Crippen molar-refractivity contribution in [3.05, 3.63) is 71.8 Å². The molecule has 2 amide bonds. The summed E-state index contributed by atoms with van der Waals surface area (Å²) in [7, 11) is 3.12. The second-order valence-electron chi connectivity index (χ2n) is 5.70. The van der Waals surface area contributed by atoms with E-state index in [1.807, 2.05) is 36.4 Å². The van der Waals surface area contributed by atoms with Crippen molar-refractivity contribution in [1.29, 1.82) is 5.26 Å². The van der Waals surface area contributed by atoms with Crippen LogP contribution in [0.15, 0.2) is 60.7 Å². The zero-order valence-electron chi connectivity index (χ0n) is 13.7. The largest absolute Gasteiger partial charge is 0.331 e. The van der Waals surface area contributed by atoms with Gasteiger partial charge in [-0.3, -0.25) is 4.79 Å². The van der Waals surface area contributed by atoms with Gasteiger partial charge in [0.25, 0.3) is 0 Å². The maximum Gasteiger partial charge on any atom is 0.318 e. The SMILES string of the molecule is CN(C)C(=O)N[C@@](C#N)(Cc1ccccc1)C(=O)c1ccccc1. The van der Waals surface area contributed by atoms with Gasteiger partial charge in [0.1, 0.15) is 0 Å². The van der Waals surface area contributed by atoms with E-state index in [1.165, 1.54) is 4.90 Å². The molecule has 0 saturated carbocycles. The topological polar surface area (TPSA) is 73.2 Å². The highest BCUT2D eigenvalue weighted by molar-refractivity contribution is 6.07. The first-order valence-corrected chi connectivity index (χ1v) is 7.53. The lowest BCUT2D eigenvalue weighted by molar-refractivity contribution is 0.0897. The monoisotopic (exact) mass is 321 g/mol.